The number of amides is 2. The number of hydrogen-bond acceptors (Lipinski definition) is 10. The quantitative estimate of drug-likeness (QED) is 0.207. The van der Waals surface area contributed by atoms with E-state index in [1.54, 1.807) is 41.6 Å². The van der Waals surface area contributed by atoms with E-state index in [4.69, 9.17) is 4.84 Å². The molecule has 0 radical (unpaired) electrons. The van der Waals surface area contributed by atoms with E-state index in [1.807, 2.05) is 13.0 Å². The molecule has 0 unspecified atom stereocenters. The van der Waals surface area contributed by atoms with Gasteiger partial charge < -0.3 is 9.74 Å². The maximum Gasteiger partial charge on any atom is 0.280 e. The van der Waals surface area contributed by atoms with Gasteiger partial charge in [0.1, 0.15) is 0 Å². The fourth-order valence-corrected chi connectivity index (χ4v) is 6.91. The summed E-state index contributed by atoms with van der Waals surface area (Å²) in [4.78, 5) is 43.7. The highest BCUT2D eigenvalue weighted by Crippen LogP contribution is 2.33. The van der Waals surface area contributed by atoms with E-state index in [2.05, 4.69) is 25.3 Å². The molecule has 1 saturated carbocycles. The molecular weight excluding hydrogens is 552 g/mol. The van der Waals surface area contributed by atoms with Crippen LogP contribution in [0.5, 0.6) is 0 Å². The van der Waals surface area contributed by atoms with Gasteiger partial charge in [0.25, 0.3) is 5.91 Å². The van der Waals surface area contributed by atoms with Crippen LogP contribution in [0.1, 0.15) is 35.9 Å². The van der Waals surface area contributed by atoms with Crippen molar-refractivity contribution in [1.82, 2.24) is 19.8 Å². The van der Waals surface area contributed by atoms with Crippen LogP contribution in [0, 0.1) is 0 Å². The van der Waals surface area contributed by atoms with Gasteiger partial charge in [-0.1, -0.05) is 23.4 Å². The minimum Gasteiger partial charge on any atom is -0.389 e. The van der Waals surface area contributed by atoms with E-state index in [-0.39, 0.29) is 28.5 Å². The van der Waals surface area contributed by atoms with Gasteiger partial charge in [-0.2, -0.15) is 0 Å². The van der Waals surface area contributed by atoms with Gasteiger partial charge in [0.05, 0.1) is 15.8 Å². The SMILES string of the molecule is C[C@H]1CN(Cc2cnc(NC(=O)/C(=N/OCc3ccccn3)c3ccc(S(=O)(=O)C4CC4)cc3)s2)CCN1C=O. The van der Waals surface area contributed by atoms with E-state index in [0.717, 1.165) is 24.4 Å². The summed E-state index contributed by atoms with van der Waals surface area (Å²) in [7, 11) is -3.36. The highest BCUT2D eigenvalue weighted by Gasteiger charge is 2.36. The number of carbonyl (C=O) groups excluding carboxylic acids is 2. The number of piperazine rings is 1. The number of hydrogen-bond donors (Lipinski definition) is 1. The van der Waals surface area contributed by atoms with Crippen molar-refractivity contribution in [3.8, 4) is 0 Å². The highest BCUT2D eigenvalue weighted by atomic mass is 32.2. The zero-order valence-electron chi connectivity index (χ0n) is 22.0. The van der Waals surface area contributed by atoms with Crippen LogP contribution in [0.2, 0.25) is 0 Å². The third-order valence-electron chi connectivity index (χ3n) is 6.78. The number of nitrogens with one attached hydrogen (secondary N) is 1. The number of benzene rings is 1. The predicted molar refractivity (Wildman–Crippen MR) is 150 cm³/mol. The first-order valence-electron chi connectivity index (χ1n) is 13.0. The van der Waals surface area contributed by atoms with Gasteiger partial charge in [0.15, 0.2) is 27.3 Å². The molecule has 11 nitrogen and oxygen atoms in total. The van der Waals surface area contributed by atoms with Crippen LogP contribution in [-0.4, -0.2) is 77.1 Å². The minimum atomic E-state index is -3.36. The van der Waals surface area contributed by atoms with E-state index < -0.39 is 15.7 Å². The molecule has 1 atom stereocenters. The molecule has 2 fully saturated rings. The second kappa shape index (κ2) is 12.2. The lowest BCUT2D eigenvalue weighted by molar-refractivity contribution is -0.122. The molecular formula is C27H30N6O5S2. The molecule has 3 heterocycles. The largest absolute Gasteiger partial charge is 0.389 e. The van der Waals surface area contributed by atoms with Crippen LogP contribution in [0.3, 0.4) is 0 Å². The Labute approximate surface area is 236 Å². The number of rotatable bonds is 11. The highest BCUT2D eigenvalue weighted by molar-refractivity contribution is 7.92. The van der Waals surface area contributed by atoms with Crippen molar-refractivity contribution < 1.29 is 22.8 Å². The predicted octanol–water partition coefficient (Wildman–Crippen LogP) is 2.70. The Bertz CT molecular complexity index is 1470. The Morgan fingerprint density at radius 2 is 1.98 bits per heavy atom. The zero-order chi connectivity index (χ0) is 28.1. The van der Waals surface area contributed by atoms with E-state index in [1.165, 1.54) is 23.5 Å². The van der Waals surface area contributed by atoms with Crippen LogP contribution in [0.4, 0.5) is 5.13 Å². The molecule has 0 bridgehead atoms. The summed E-state index contributed by atoms with van der Waals surface area (Å²) in [6.07, 6.45) is 5.59. The maximum absolute atomic E-state index is 13.3. The van der Waals surface area contributed by atoms with Crippen molar-refractivity contribution in [2.45, 2.75) is 49.1 Å². The average molecular weight is 583 g/mol. The number of thiazole rings is 1. The molecule has 1 aliphatic heterocycles. The minimum absolute atomic E-state index is 0.0122. The standard InChI is InChI=1S/C27H30N6O5S2/c1-19-15-32(12-13-33(19)18-34)16-22-14-29-27(39-22)30-26(35)25(31-38-17-21-4-2-3-11-28-21)20-5-7-23(8-6-20)40(36,37)24-9-10-24/h2-8,11,14,18-19,24H,9-10,12-13,15-17H2,1H3,(H,29,30,35)/b31-25+/t19-/m0/s1. The molecule has 3 aromatic rings. The fourth-order valence-electron chi connectivity index (χ4n) is 4.41. The van der Waals surface area contributed by atoms with Crippen LogP contribution in [0.25, 0.3) is 0 Å². The van der Waals surface area contributed by atoms with Gasteiger partial charge in [-0.15, -0.1) is 11.3 Å². The lowest BCUT2D eigenvalue weighted by Gasteiger charge is -2.37. The fraction of sp³-hybridized carbons (Fsp3) is 0.370. The number of sulfone groups is 1. The molecule has 1 aromatic carbocycles. The number of oxime groups is 1. The van der Waals surface area contributed by atoms with Gasteiger partial charge in [0.2, 0.25) is 6.41 Å². The number of anilines is 1. The van der Waals surface area contributed by atoms with Crippen molar-refractivity contribution in [1.29, 1.82) is 0 Å². The lowest BCUT2D eigenvalue weighted by Crippen LogP contribution is -2.50. The summed E-state index contributed by atoms with van der Waals surface area (Å²) in [5.74, 6) is -0.534. The normalized spacial score (nSPS) is 18.4. The van der Waals surface area contributed by atoms with Crippen molar-refractivity contribution in [2.75, 3.05) is 25.0 Å². The lowest BCUT2D eigenvalue weighted by atomic mass is 10.1. The Hall–Kier alpha value is -3.68. The Kier molecular flexibility index (Phi) is 8.52. The van der Waals surface area contributed by atoms with Gasteiger partial charge in [-0.25, -0.2) is 13.4 Å². The second-order valence-corrected chi connectivity index (χ2v) is 13.2. The van der Waals surface area contributed by atoms with Gasteiger partial charge in [0, 0.05) is 55.1 Å². The van der Waals surface area contributed by atoms with Crippen LogP contribution < -0.4 is 5.32 Å². The molecule has 210 valence electrons. The molecule has 2 amide bonds. The summed E-state index contributed by atoms with van der Waals surface area (Å²) in [6.45, 7) is 4.93. The Morgan fingerprint density at radius 3 is 2.65 bits per heavy atom. The molecule has 1 saturated heterocycles. The van der Waals surface area contributed by atoms with Crippen LogP contribution >= 0.6 is 11.3 Å². The van der Waals surface area contributed by atoms with Crippen LogP contribution in [0.15, 0.2) is 64.9 Å². The van der Waals surface area contributed by atoms with Crippen molar-refractivity contribution in [3.05, 3.63) is 71.0 Å². The third kappa shape index (κ3) is 6.72. The number of pyridine rings is 1. The molecule has 1 aliphatic carbocycles. The molecule has 1 N–H and O–H groups in total. The molecule has 2 aromatic heterocycles. The first-order chi connectivity index (χ1) is 19.3. The van der Waals surface area contributed by atoms with Crippen molar-refractivity contribution in [3.63, 3.8) is 0 Å². The van der Waals surface area contributed by atoms with E-state index in [9.17, 15) is 18.0 Å². The topological polar surface area (TPSA) is 134 Å². The van der Waals surface area contributed by atoms with Crippen molar-refractivity contribution in [2.24, 2.45) is 5.16 Å². The summed E-state index contributed by atoms with van der Waals surface area (Å²) >= 11 is 1.36. The summed E-state index contributed by atoms with van der Waals surface area (Å²) < 4.78 is 25.2. The number of nitrogens with zero attached hydrogens (tertiary/aromatic N) is 5. The monoisotopic (exact) mass is 582 g/mol. The maximum atomic E-state index is 13.3. The Morgan fingerprint density at radius 1 is 1.18 bits per heavy atom. The smallest absolute Gasteiger partial charge is 0.280 e. The molecule has 40 heavy (non-hydrogen) atoms. The van der Waals surface area contributed by atoms with Gasteiger partial charge in [-0.05, 0) is 44.0 Å². The van der Waals surface area contributed by atoms with E-state index in [0.29, 0.717) is 42.3 Å². The average Bonchev–Trinajstić information content (AvgIpc) is 3.74. The molecule has 5 rings (SSSR count). The zero-order valence-corrected chi connectivity index (χ0v) is 23.6. The first kappa shape index (κ1) is 27.9. The van der Waals surface area contributed by atoms with E-state index >= 15 is 0 Å². The second-order valence-electron chi connectivity index (χ2n) is 9.82. The number of aromatic nitrogens is 2. The summed E-state index contributed by atoms with van der Waals surface area (Å²) in [5, 5.41) is 6.98. The summed E-state index contributed by atoms with van der Waals surface area (Å²) in [6, 6.07) is 11.6. The van der Waals surface area contributed by atoms with Crippen LogP contribution in [-0.2, 0) is 37.4 Å². The molecule has 0 spiro atoms. The van der Waals surface area contributed by atoms with Crippen molar-refractivity contribution >= 4 is 44.3 Å². The summed E-state index contributed by atoms with van der Waals surface area (Å²) in [5.41, 5.74) is 1.04. The van der Waals surface area contributed by atoms with Gasteiger partial charge in [-0.3, -0.25) is 24.8 Å². The third-order valence-corrected chi connectivity index (χ3v) is 9.96. The Balaban J connectivity index is 1.29. The number of carbonyl (C=O) groups is 2. The first-order valence-corrected chi connectivity index (χ1v) is 15.3. The molecule has 13 heteroatoms. The molecule has 2 aliphatic rings. The van der Waals surface area contributed by atoms with Gasteiger partial charge >= 0.3 is 0 Å².